The van der Waals surface area contributed by atoms with Gasteiger partial charge in [-0.1, -0.05) is 41.9 Å². The van der Waals surface area contributed by atoms with Gasteiger partial charge in [-0.2, -0.15) is 0 Å². The second-order valence-electron chi connectivity index (χ2n) is 5.34. The summed E-state index contributed by atoms with van der Waals surface area (Å²) in [5.41, 5.74) is 0.127. The fourth-order valence-corrected chi connectivity index (χ4v) is 3.22. The van der Waals surface area contributed by atoms with E-state index < -0.39 is 29.0 Å². The minimum absolute atomic E-state index is 0.0362. The number of carbonyl (C=O) groups is 1. The van der Waals surface area contributed by atoms with Crippen LogP contribution >= 0.6 is 11.6 Å². The largest absolute Gasteiger partial charge is 0.507 e. The molecule has 0 aromatic heterocycles. The molecule has 0 saturated heterocycles. The number of aliphatic hydroxyl groups excluding tert-OH is 1. The minimum Gasteiger partial charge on any atom is -0.507 e. The first kappa shape index (κ1) is 16.1. The lowest BCUT2D eigenvalue weighted by Crippen LogP contribution is -2.20. The summed E-state index contributed by atoms with van der Waals surface area (Å²) < 4.78 is 14.3. The van der Waals surface area contributed by atoms with Crippen LogP contribution in [0.2, 0.25) is 5.02 Å². The van der Waals surface area contributed by atoms with Gasteiger partial charge in [-0.05, 0) is 12.1 Å². The number of benzene rings is 2. The van der Waals surface area contributed by atoms with Crippen LogP contribution in [0, 0.1) is 15.9 Å². The third kappa shape index (κ3) is 2.55. The Balaban J connectivity index is 2.21. The van der Waals surface area contributed by atoms with Crippen LogP contribution in [0.25, 0.3) is 5.76 Å². The number of ketones is 1. The predicted octanol–water partition coefficient (Wildman–Crippen LogP) is 4.01. The van der Waals surface area contributed by atoms with E-state index in [-0.39, 0.29) is 33.0 Å². The van der Waals surface area contributed by atoms with E-state index in [1.165, 1.54) is 24.3 Å². The second-order valence-corrected chi connectivity index (χ2v) is 5.75. The molecule has 122 valence electrons. The lowest BCUT2D eigenvalue weighted by atomic mass is 9.88. The van der Waals surface area contributed by atoms with E-state index in [0.29, 0.717) is 0 Å². The molecule has 5 nitrogen and oxygen atoms in total. The highest BCUT2D eigenvalue weighted by molar-refractivity contribution is 6.31. The fourth-order valence-electron chi connectivity index (χ4n) is 2.93. The fraction of sp³-hybridized carbons (Fsp3) is 0.118. The summed E-state index contributed by atoms with van der Waals surface area (Å²) in [4.78, 5) is 23.0. The van der Waals surface area contributed by atoms with Crippen molar-refractivity contribution in [2.45, 2.75) is 5.92 Å². The van der Waals surface area contributed by atoms with Crippen LogP contribution in [0.15, 0.2) is 48.0 Å². The van der Waals surface area contributed by atoms with Crippen LogP contribution < -0.4 is 0 Å². The molecule has 0 spiro atoms. The van der Waals surface area contributed by atoms with Gasteiger partial charge < -0.3 is 5.11 Å². The molecule has 1 aliphatic carbocycles. The Morgan fingerprint density at radius 3 is 2.42 bits per heavy atom. The maximum absolute atomic E-state index is 14.3. The Morgan fingerprint density at radius 2 is 1.83 bits per heavy atom. The maximum Gasteiger partial charge on any atom is 0.215 e. The molecule has 0 heterocycles. The van der Waals surface area contributed by atoms with Gasteiger partial charge >= 0.3 is 0 Å². The topological polar surface area (TPSA) is 80.4 Å². The monoisotopic (exact) mass is 347 g/mol. The molecule has 0 radical (unpaired) electrons. The zero-order valence-corrected chi connectivity index (χ0v) is 13.0. The van der Waals surface area contributed by atoms with Crippen LogP contribution in [0.4, 0.5) is 4.39 Å². The van der Waals surface area contributed by atoms with Gasteiger partial charge in [-0.25, -0.2) is 4.39 Å². The maximum atomic E-state index is 14.3. The van der Waals surface area contributed by atoms with E-state index in [0.717, 1.165) is 6.07 Å². The van der Waals surface area contributed by atoms with Crippen molar-refractivity contribution >= 4 is 23.1 Å². The van der Waals surface area contributed by atoms with E-state index in [1.54, 1.807) is 12.1 Å². The van der Waals surface area contributed by atoms with Crippen LogP contribution in [0.1, 0.15) is 27.4 Å². The number of carbonyl (C=O) groups excluding carboxylic acids is 1. The zero-order chi connectivity index (χ0) is 17.4. The average Bonchev–Trinajstić information content (AvgIpc) is 2.78. The molecule has 0 amide bonds. The summed E-state index contributed by atoms with van der Waals surface area (Å²) in [5.74, 6) is -2.98. The molecule has 1 atom stereocenters. The van der Waals surface area contributed by atoms with Gasteiger partial charge in [-0.3, -0.25) is 14.9 Å². The quantitative estimate of drug-likeness (QED) is 0.669. The first-order valence-corrected chi connectivity index (χ1v) is 7.42. The van der Waals surface area contributed by atoms with Crippen molar-refractivity contribution in [3.8, 4) is 0 Å². The summed E-state index contributed by atoms with van der Waals surface area (Å²) in [6.45, 7) is -0.764. The normalized spacial score (nSPS) is 14.7. The van der Waals surface area contributed by atoms with Crippen molar-refractivity contribution in [3.05, 3.63) is 85.7 Å². The van der Waals surface area contributed by atoms with E-state index in [4.69, 9.17) is 11.6 Å². The average molecular weight is 348 g/mol. The number of rotatable bonds is 4. The third-order valence-corrected chi connectivity index (χ3v) is 4.28. The van der Waals surface area contributed by atoms with Crippen molar-refractivity contribution < 1.29 is 19.2 Å². The first-order valence-electron chi connectivity index (χ1n) is 7.04. The van der Waals surface area contributed by atoms with Gasteiger partial charge in [-0.15, -0.1) is 0 Å². The van der Waals surface area contributed by atoms with Crippen molar-refractivity contribution in [1.29, 1.82) is 0 Å². The Morgan fingerprint density at radius 1 is 1.17 bits per heavy atom. The molecule has 3 rings (SSSR count). The van der Waals surface area contributed by atoms with E-state index in [1.807, 2.05) is 0 Å². The molecule has 0 bridgehead atoms. The summed E-state index contributed by atoms with van der Waals surface area (Å²) in [6.07, 6.45) is 0. The number of halogens is 2. The Labute approximate surface area is 141 Å². The van der Waals surface area contributed by atoms with Crippen molar-refractivity contribution in [2.24, 2.45) is 0 Å². The molecule has 2 aromatic carbocycles. The lowest BCUT2D eigenvalue weighted by Gasteiger charge is -2.16. The number of hydrogen-bond donors (Lipinski definition) is 1. The second kappa shape index (κ2) is 6.05. The van der Waals surface area contributed by atoms with Crippen LogP contribution in [0.5, 0.6) is 0 Å². The number of fused-ring (bicyclic) bond motifs is 1. The SMILES string of the molecule is O=C1C([C@H](C[N+](=O)[O-])c2c(F)cccc2Cl)=C(O)c2ccccc21. The lowest BCUT2D eigenvalue weighted by molar-refractivity contribution is -0.481. The highest BCUT2D eigenvalue weighted by Crippen LogP contribution is 2.41. The first-order chi connectivity index (χ1) is 11.4. The molecule has 7 heteroatoms. The van der Waals surface area contributed by atoms with Crippen molar-refractivity contribution in [3.63, 3.8) is 0 Å². The molecule has 0 aliphatic heterocycles. The van der Waals surface area contributed by atoms with Gasteiger partial charge in [0.25, 0.3) is 0 Å². The Bertz CT molecular complexity index is 874. The summed E-state index contributed by atoms with van der Waals surface area (Å²) in [5, 5.41) is 21.4. The van der Waals surface area contributed by atoms with Crippen molar-refractivity contribution in [2.75, 3.05) is 6.54 Å². The van der Waals surface area contributed by atoms with Gasteiger partial charge in [0.1, 0.15) is 11.6 Å². The third-order valence-electron chi connectivity index (χ3n) is 3.95. The Kier molecular flexibility index (Phi) is 4.07. The predicted molar refractivity (Wildman–Crippen MR) is 86.3 cm³/mol. The van der Waals surface area contributed by atoms with Crippen molar-refractivity contribution in [1.82, 2.24) is 0 Å². The number of nitrogens with zero attached hydrogens (tertiary/aromatic N) is 1. The standard InChI is InChI=1S/C17H11ClFNO4/c18-12-6-3-7-13(19)14(12)11(8-20(23)24)15-16(21)9-4-1-2-5-10(9)17(15)22/h1-7,11,21H,8H2/t11-/m1/s1. The molecular formula is C17H11ClFNO4. The number of hydrogen-bond acceptors (Lipinski definition) is 4. The van der Waals surface area contributed by atoms with Gasteiger partial charge in [0.05, 0.1) is 11.5 Å². The number of Topliss-reactive ketones (excluding diaryl/α,β-unsaturated/α-hetero) is 1. The van der Waals surface area contributed by atoms with Gasteiger partial charge in [0.2, 0.25) is 6.54 Å². The highest BCUT2D eigenvalue weighted by atomic mass is 35.5. The molecule has 1 aliphatic rings. The van der Waals surface area contributed by atoms with Crippen LogP contribution in [0.3, 0.4) is 0 Å². The molecular weight excluding hydrogens is 337 g/mol. The van der Waals surface area contributed by atoms with Gasteiger partial charge in [0, 0.05) is 26.6 Å². The molecule has 1 N–H and O–H groups in total. The molecule has 24 heavy (non-hydrogen) atoms. The van der Waals surface area contributed by atoms with E-state index in [2.05, 4.69) is 0 Å². The number of aliphatic hydroxyl groups is 1. The molecule has 0 saturated carbocycles. The van der Waals surface area contributed by atoms with Crippen LogP contribution in [-0.4, -0.2) is 22.4 Å². The smallest absolute Gasteiger partial charge is 0.215 e. The van der Waals surface area contributed by atoms with Crippen LogP contribution in [-0.2, 0) is 0 Å². The molecule has 0 fully saturated rings. The number of nitro groups is 1. The van der Waals surface area contributed by atoms with Gasteiger partial charge in [0.15, 0.2) is 5.78 Å². The Hall–Kier alpha value is -2.73. The summed E-state index contributed by atoms with van der Waals surface area (Å²) >= 11 is 6.01. The van der Waals surface area contributed by atoms with E-state index in [9.17, 15) is 24.4 Å². The van der Waals surface area contributed by atoms with E-state index >= 15 is 0 Å². The zero-order valence-electron chi connectivity index (χ0n) is 12.2. The molecule has 2 aromatic rings. The highest BCUT2D eigenvalue weighted by Gasteiger charge is 2.39. The minimum atomic E-state index is -1.28. The summed E-state index contributed by atoms with van der Waals surface area (Å²) in [7, 11) is 0. The summed E-state index contributed by atoms with van der Waals surface area (Å²) in [6, 6.07) is 10.1. The molecule has 0 unspecified atom stereocenters.